The van der Waals surface area contributed by atoms with Gasteiger partial charge in [0.25, 0.3) is 5.91 Å². The fourth-order valence-electron chi connectivity index (χ4n) is 5.22. The smallest absolute Gasteiger partial charge is 0.256 e. The molecule has 0 aromatic heterocycles. The Balaban J connectivity index is 1.51. The Labute approximate surface area is 164 Å². The van der Waals surface area contributed by atoms with Crippen LogP contribution < -0.4 is 4.90 Å². The molecule has 2 unspecified atom stereocenters. The number of carbonyl (C=O) groups is 1. The summed E-state index contributed by atoms with van der Waals surface area (Å²) in [4.78, 5) is 22.6. The van der Waals surface area contributed by atoms with Crippen LogP contribution in [0.3, 0.4) is 0 Å². The molecule has 28 heavy (non-hydrogen) atoms. The number of piperidine rings is 1. The van der Waals surface area contributed by atoms with Crippen LogP contribution in [0.1, 0.15) is 19.3 Å². The van der Waals surface area contributed by atoms with Gasteiger partial charge in [0, 0.05) is 6.04 Å². The zero-order chi connectivity index (χ0) is 18.7. The van der Waals surface area contributed by atoms with E-state index in [2.05, 4.69) is 29.2 Å². The van der Waals surface area contributed by atoms with Gasteiger partial charge in [-0.25, -0.2) is 9.89 Å². The van der Waals surface area contributed by atoms with Gasteiger partial charge >= 0.3 is 0 Å². The SMILES string of the molecule is O=C1[C@@H]2C3CCC(C3)N2/C(=N\c2ccccc2)N1c1ccc2ccccc2c1. The molecule has 3 fully saturated rings. The van der Waals surface area contributed by atoms with Gasteiger partial charge in [-0.1, -0.05) is 48.5 Å². The minimum atomic E-state index is -0.0484. The first-order valence-electron chi connectivity index (χ1n) is 10.0. The molecule has 3 aliphatic rings. The van der Waals surface area contributed by atoms with Crippen LogP contribution >= 0.6 is 0 Å². The van der Waals surface area contributed by atoms with Crippen molar-refractivity contribution in [3.8, 4) is 0 Å². The lowest BCUT2D eigenvalue weighted by molar-refractivity contribution is -0.120. The largest absolute Gasteiger partial charge is 0.327 e. The highest BCUT2D eigenvalue weighted by atomic mass is 16.2. The van der Waals surface area contributed by atoms with E-state index in [0.717, 1.165) is 42.0 Å². The summed E-state index contributed by atoms with van der Waals surface area (Å²) in [5.41, 5.74) is 1.80. The standard InChI is InChI=1S/C24H21N3O/c28-23-22-18-11-13-20(15-18)26(22)24(25-19-8-2-1-3-9-19)27(23)21-12-10-16-6-4-5-7-17(16)14-21/h1-10,12,14,18,20,22H,11,13,15H2/b25-24+/t18?,20?,22-/m0/s1. The summed E-state index contributed by atoms with van der Waals surface area (Å²) in [6, 6.07) is 24.9. The highest BCUT2D eigenvalue weighted by molar-refractivity contribution is 6.24. The van der Waals surface area contributed by atoms with E-state index in [4.69, 9.17) is 4.99 Å². The predicted octanol–water partition coefficient (Wildman–Crippen LogP) is 4.73. The lowest BCUT2D eigenvalue weighted by Gasteiger charge is -2.28. The van der Waals surface area contributed by atoms with Crippen molar-refractivity contribution < 1.29 is 4.79 Å². The third kappa shape index (κ3) is 2.24. The zero-order valence-electron chi connectivity index (χ0n) is 15.5. The second-order valence-electron chi connectivity index (χ2n) is 8.03. The number of anilines is 1. The molecule has 0 N–H and O–H groups in total. The number of fused-ring (bicyclic) bond motifs is 6. The number of hydrogen-bond donors (Lipinski definition) is 0. The summed E-state index contributed by atoms with van der Waals surface area (Å²) in [7, 11) is 0. The first kappa shape index (κ1) is 15.9. The fourth-order valence-corrected chi connectivity index (χ4v) is 5.22. The van der Waals surface area contributed by atoms with Gasteiger partial charge in [0.2, 0.25) is 5.96 Å². The second-order valence-corrected chi connectivity index (χ2v) is 8.03. The number of aliphatic imine (C=N–C) groups is 1. The summed E-state index contributed by atoms with van der Waals surface area (Å²) < 4.78 is 0. The van der Waals surface area contributed by atoms with Crippen LogP contribution in [0, 0.1) is 5.92 Å². The Bertz CT molecular complexity index is 1110. The minimum Gasteiger partial charge on any atom is -0.327 e. The highest BCUT2D eigenvalue weighted by Gasteiger charge is 2.58. The Kier molecular flexibility index (Phi) is 3.36. The molecule has 2 heterocycles. The summed E-state index contributed by atoms with van der Waals surface area (Å²) >= 11 is 0. The molecule has 1 aliphatic carbocycles. The molecule has 1 amide bonds. The van der Waals surface area contributed by atoms with Crippen LogP contribution in [0.2, 0.25) is 0 Å². The van der Waals surface area contributed by atoms with Gasteiger partial charge in [-0.2, -0.15) is 0 Å². The van der Waals surface area contributed by atoms with Gasteiger partial charge in [-0.3, -0.25) is 4.79 Å². The van der Waals surface area contributed by atoms with Crippen molar-refractivity contribution in [2.24, 2.45) is 10.9 Å². The molecule has 2 saturated heterocycles. The van der Waals surface area contributed by atoms with Crippen molar-refractivity contribution in [1.29, 1.82) is 0 Å². The topological polar surface area (TPSA) is 35.9 Å². The average Bonchev–Trinajstić information content (AvgIpc) is 3.42. The quantitative estimate of drug-likeness (QED) is 0.657. The Morgan fingerprint density at radius 2 is 1.64 bits per heavy atom. The third-order valence-electron chi connectivity index (χ3n) is 6.47. The molecule has 2 aliphatic heterocycles. The molecule has 4 nitrogen and oxygen atoms in total. The maximum atomic E-state index is 13.5. The molecule has 6 rings (SSSR count). The predicted molar refractivity (Wildman–Crippen MR) is 112 cm³/mol. The average molecular weight is 367 g/mol. The molecule has 3 atom stereocenters. The van der Waals surface area contributed by atoms with Crippen molar-refractivity contribution in [2.45, 2.75) is 31.3 Å². The molecule has 3 aromatic carbocycles. The summed E-state index contributed by atoms with van der Waals surface area (Å²) in [6.45, 7) is 0. The Hall–Kier alpha value is -3.14. The molecule has 0 spiro atoms. The molecular formula is C24H21N3O. The van der Waals surface area contributed by atoms with Gasteiger partial charge in [-0.15, -0.1) is 0 Å². The van der Waals surface area contributed by atoms with E-state index in [0.29, 0.717) is 12.0 Å². The summed E-state index contributed by atoms with van der Waals surface area (Å²) in [5.74, 6) is 1.43. The van der Waals surface area contributed by atoms with Crippen molar-refractivity contribution in [1.82, 2.24) is 4.90 Å². The molecular weight excluding hydrogens is 346 g/mol. The van der Waals surface area contributed by atoms with Crippen LogP contribution in [0.25, 0.3) is 10.8 Å². The first-order chi connectivity index (χ1) is 13.8. The van der Waals surface area contributed by atoms with Gasteiger partial charge in [0.15, 0.2) is 0 Å². The summed E-state index contributed by atoms with van der Waals surface area (Å²) in [6.07, 6.45) is 3.44. The van der Waals surface area contributed by atoms with E-state index in [1.807, 2.05) is 53.4 Å². The molecule has 4 heteroatoms. The van der Waals surface area contributed by atoms with Crippen LogP contribution in [0.15, 0.2) is 77.8 Å². The second kappa shape index (κ2) is 5.93. The van der Waals surface area contributed by atoms with E-state index >= 15 is 0 Å². The molecule has 138 valence electrons. The number of rotatable bonds is 2. The van der Waals surface area contributed by atoms with Gasteiger partial charge in [0.05, 0.1) is 11.4 Å². The van der Waals surface area contributed by atoms with E-state index in [-0.39, 0.29) is 11.9 Å². The number of carbonyl (C=O) groups excluding carboxylic acids is 1. The molecule has 1 saturated carbocycles. The normalized spacial score (nSPS) is 27.2. The number of amides is 1. The number of benzene rings is 3. The monoisotopic (exact) mass is 367 g/mol. The molecule has 3 aromatic rings. The van der Waals surface area contributed by atoms with Crippen molar-refractivity contribution in [3.63, 3.8) is 0 Å². The maximum Gasteiger partial charge on any atom is 0.256 e. The van der Waals surface area contributed by atoms with Crippen molar-refractivity contribution >= 4 is 34.0 Å². The van der Waals surface area contributed by atoms with Crippen LogP contribution in [0.5, 0.6) is 0 Å². The van der Waals surface area contributed by atoms with Gasteiger partial charge in [0.1, 0.15) is 6.04 Å². The Morgan fingerprint density at radius 1 is 0.857 bits per heavy atom. The number of para-hydroxylation sites is 1. The zero-order valence-corrected chi connectivity index (χ0v) is 15.5. The van der Waals surface area contributed by atoms with Crippen LogP contribution in [0.4, 0.5) is 11.4 Å². The van der Waals surface area contributed by atoms with Crippen molar-refractivity contribution in [3.05, 3.63) is 72.8 Å². The van der Waals surface area contributed by atoms with E-state index < -0.39 is 0 Å². The molecule has 0 radical (unpaired) electrons. The van der Waals surface area contributed by atoms with Gasteiger partial charge in [-0.05, 0) is 60.2 Å². The number of hydrogen-bond acceptors (Lipinski definition) is 2. The number of guanidine groups is 1. The van der Waals surface area contributed by atoms with Gasteiger partial charge < -0.3 is 4.90 Å². The van der Waals surface area contributed by atoms with Crippen LogP contribution in [-0.4, -0.2) is 28.9 Å². The number of nitrogens with zero attached hydrogens (tertiary/aromatic N) is 3. The Morgan fingerprint density at radius 3 is 2.50 bits per heavy atom. The lowest BCUT2D eigenvalue weighted by Crippen LogP contribution is -2.41. The first-order valence-corrected chi connectivity index (χ1v) is 10.0. The van der Waals surface area contributed by atoms with Crippen molar-refractivity contribution in [2.75, 3.05) is 4.90 Å². The van der Waals surface area contributed by atoms with E-state index in [9.17, 15) is 4.79 Å². The third-order valence-corrected chi connectivity index (χ3v) is 6.47. The fraction of sp³-hybridized carbons (Fsp3) is 0.250. The van der Waals surface area contributed by atoms with E-state index in [1.165, 1.54) is 5.39 Å². The van der Waals surface area contributed by atoms with Crippen LogP contribution in [-0.2, 0) is 4.79 Å². The minimum absolute atomic E-state index is 0.0484. The maximum absolute atomic E-state index is 13.5. The lowest BCUT2D eigenvalue weighted by atomic mass is 9.99. The van der Waals surface area contributed by atoms with E-state index in [1.54, 1.807) is 0 Å². The molecule has 2 bridgehead atoms. The summed E-state index contributed by atoms with van der Waals surface area (Å²) in [5, 5.41) is 2.32. The highest BCUT2D eigenvalue weighted by Crippen LogP contribution is 2.47.